The van der Waals surface area contributed by atoms with E-state index in [-0.39, 0.29) is 19.1 Å². The van der Waals surface area contributed by atoms with E-state index in [2.05, 4.69) is 5.10 Å². The Labute approximate surface area is 126 Å². The first kappa shape index (κ1) is 15.3. The fraction of sp³-hybridized carbons (Fsp3) is 0.714. The minimum Gasteiger partial charge on any atom is -0.381 e. The maximum absolute atomic E-state index is 12.6. The van der Waals surface area contributed by atoms with E-state index < -0.39 is 12.1 Å². The van der Waals surface area contributed by atoms with Gasteiger partial charge in [-0.2, -0.15) is 18.3 Å². The number of nitrogens with zero attached hydrogens (tertiary/aromatic N) is 3. The van der Waals surface area contributed by atoms with Crippen molar-refractivity contribution >= 4 is 5.91 Å². The molecule has 0 aromatic carbocycles. The van der Waals surface area contributed by atoms with E-state index in [1.54, 1.807) is 6.92 Å². The van der Waals surface area contributed by atoms with E-state index in [0.29, 0.717) is 25.3 Å². The summed E-state index contributed by atoms with van der Waals surface area (Å²) in [5, 5.41) is 4.51. The molecule has 0 aliphatic carbocycles. The molecule has 2 aliphatic rings. The van der Waals surface area contributed by atoms with Crippen LogP contribution in [-0.4, -0.2) is 46.5 Å². The van der Waals surface area contributed by atoms with Crippen LogP contribution < -0.4 is 0 Å². The molecule has 0 unspecified atom stereocenters. The van der Waals surface area contributed by atoms with Gasteiger partial charge in [-0.15, -0.1) is 0 Å². The topological polar surface area (TPSA) is 47.4 Å². The highest BCUT2D eigenvalue weighted by atomic mass is 19.4. The first-order chi connectivity index (χ1) is 10.4. The highest BCUT2D eigenvalue weighted by Crippen LogP contribution is 2.30. The highest BCUT2D eigenvalue weighted by Gasteiger charge is 2.44. The molecule has 1 saturated heterocycles. The molecule has 8 heteroatoms. The molecule has 0 N–H and O–H groups in total. The van der Waals surface area contributed by atoms with Gasteiger partial charge in [-0.25, -0.2) is 0 Å². The lowest BCUT2D eigenvalue weighted by atomic mass is 10.0. The second kappa shape index (κ2) is 5.57. The Bertz CT molecular complexity index is 577. The van der Waals surface area contributed by atoms with Crippen LogP contribution in [-0.2, 0) is 22.5 Å². The van der Waals surface area contributed by atoms with Crippen LogP contribution in [0.3, 0.4) is 0 Å². The summed E-state index contributed by atoms with van der Waals surface area (Å²) < 4.78 is 45.0. The summed E-state index contributed by atoms with van der Waals surface area (Å²) >= 11 is 0. The zero-order chi connectivity index (χ0) is 15.9. The predicted octanol–water partition coefficient (Wildman–Crippen LogP) is 1.99. The largest absolute Gasteiger partial charge is 0.471 e. The number of aromatic nitrogens is 2. The first-order valence-corrected chi connectivity index (χ1v) is 7.38. The summed E-state index contributed by atoms with van der Waals surface area (Å²) in [5.41, 5.74) is 2.44. The molecule has 0 saturated carbocycles. The molecule has 122 valence electrons. The van der Waals surface area contributed by atoms with E-state index in [4.69, 9.17) is 4.74 Å². The van der Waals surface area contributed by atoms with Gasteiger partial charge in [0.2, 0.25) is 0 Å². The van der Waals surface area contributed by atoms with E-state index >= 15 is 0 Å². The number of hydrogen-bond acceptors (Lipinski definition) is 3. The summed E-state index contributed by atoms with van der Waals surface area (Å²) in [6.45, 7) is 3.21. The molecular formula is C14H18F3N3O2. The Hall–Kier alpha value is -1.57. The van der Waals surface area contributed by atoms with Gasteiger partial charge in [-0.3, -0.25) is 9.48 Å². The van der Waals surface area contributed by atoms with Crippen molar-refractivity contribution in [2.45, 2.75) is 44.9 Å². The summed E-state index contributed by atoms with van der Waals surface area (Å²) in [5.74, 6) is -1.77. The Morgan fingerprint density at radius 1 is 1.32 bits per heavy atom. The van der Waals surface area contributed by atoms with E-state index in [1.807, 2.05) is 4.68 Å². The molecule has 5 nitrogen and oxygen atoms in total. The molecule has 3 rings (SSSR count). The van der Waals surface area contributed by atoms with Gasteiger partial charge in [0.25, 0.3) is 0 Å². The van der Waals surface area contributed by atoms with Crippen LogP contribution in [0.4, 0.5) is 13.2 Å². The monoisotopic (exact) mass is 317 g/mol. The second-order valence-corrected chi connectivity index (χ2v) is 5.77. The number of fused-ring (bicyclic) bond motifs is 1. The number of carbonyl (C=O) groups is 1. The van der Waals surface area contributed by atoms with Gasteiger partial charge in [0.15, 0.2) is 0 Å². The van der Waals surface area contributed by atoms with Gasteiger partial charge < -0.3 is 9.64 Å². The SMILES string of the molecule is Cc1nn(C2CCOCC2)c2c1CN(C(=O)C(F)(F)F)CC2. The fourth-order valence-electron chi connectivity index (χ4n) is 3.20. The van der Waals surface area contributed by atoms with E-state index in [9.17, 15) is 18.0 Å². The van der Waals surface area contributed by atoms with Gasteiger partial charge in [0, 0.05) is 44.0 Å². The molecule has 1 aromatic rings. The molecule has 22 heavy (non-hydrogen) atoms. The zero-order valence-electron chi connectivity index (χ0n) is 12.3. The first-order valence-electron chi connectivity index (χ1n) is 7.38. The predicted molar refractivity (Wildman–Crippen MR) is 71.2 cm³/mol. The third-order valence-corrected chi connectivity index (χ3v) is 4.35. The van der Waals surface area contributed by atoms with Crippen LogP contribution in [0.25, 0.3) is 0 Å². The lowest BCUT2D eigenvalue weighted by molar-refractivity contribution is -0.186. The lowest BCUT2D eigenvalue weighted by Gasteiger charge is -2.30. The Kier molecular flexibility index (Phi) is 3.88. The molecule has 1 amide bonds. The van der Waals surface area contributed by atoms with Crippen LogP contribution in [0.1, 0.15) is 35.8 Å². The molecular weight excluding hydrogens is 299 g/mol. The number of halogens is 3. The normalized spacial score (nSPS) is 20.1. The van der Waals surface area contributed by atoms with Gasteiger partial charge in [-0.05, 0) is 19.8 Å². The number of carbonyl (C=O) groups excluding carboxylic acids is 1. The van der Waals surface area contributed by atoms with Crippen molar-refractivity contribution in [3.63, 3.8) is 0 Å². The van der Waals surface area contributed by atoms with Crippen molar-refractivity contribution in [2.24, 2.45) is 0 Å². The molecule has 1 fully saturated rings. The third kappa shape index (κ3) is 2.71. The molecule has 0 spiro atoms. The summed E-state index contributed by atoms with van der Waals surface area (Å²) in [4.78, 5) is 12.3. The number of rotatable bonds is 1. The van der Waals surface area contributed by atoms with Gasteiger partial charge in [-0.1, -0.05) is 0 Å². The van der Waals surface area contributed by atoms with Crippen LogP contribution >= 0.6 is 0 Å². The molecule has 0 atom stereocenters. The average molecular weight is 317 g/mol. The quantitative estimate of drug-likeness (QED) is 0.796. The number of ether oxygens (including phenoxy) is 1. The fourth-order valence-corrected chi connectivity index (χ4v) is 3.20. The van der Waals surface area contributed by atoms with Crippen LogP contribution in [0, 0.1) is 6.92 Å². The number of amides is 1. The number of hydrogen-bond donors (Lipinski definition) is 0. The number of alkyl halides is 3. The molecule has 2 aliphatic heterocycles. The van der Waals surface area contributed by atoms with Crippen molar-refractivity contribution in [3.8, 4) is 0 Å². The molecule has 0 bridgehead atoms. The standard InChI is InChI=1S/C14H18F3N3O2/c1-9-11-8-19(13(21)14(15,16)17)5-2-12(11)20(18-9)10-3-6-22-7-4-10/h10H,2-8H2,1H3. The van der Waals surface area contributed by atoms with Crippen LogP contribution in [0.15, 0.2) is 0 Å². The maximum atomic E-state index is 12.6. The Morgan fingerprint density at radius 2 is 2.00 bits per heavy atom. The van der Waals surface area contributed by atoms with Gasteiger partial charge >= 0.3 is 12.1 Å². The van der Waals surface area contributed by atoms with Crippen LogP contribution in [0.2, 0.25) is 0 Å². The third-order valence-electron chi connectivity index (χ3n) is 4.35. The smallest absolute Gasteiger partial charge is 0.381 e. The molecule has 0 radical (unpaired) electrons. The summed E-state index contributed by atoms with van der Waals surface area (Å²) in [6, 6.07) is 0.237. The summed E-state index contributed by atoms with van der Waals surface area (Å²) in [6.07, 6.45) is -2.69. The number of aryl methyl sites for hydroxylation is 1. The van der Waals surface area contributed by atoms with Crippen molar-refractivity contribution in [1.29, 1.82) is 0 Å². The average Bonchev–Trinajstić information content (AvgIpc) is 2.83. The van der Waals surface area contributed by atoms with Gasteiger partial charge in [0.1, 0.15) is 0 Å². The second-order valence-electron chi connectivity index (χ2n) is 5.77. The van der Waals surface area contributed by atoms with Crippen molar-refractivity contribution < 1.29 is 22.7 Å². The Morgan fingerprint density at radius 3 is 2.64 bits per heavy atom. The van der Waals surface area contributed by atoms with Crippen LogP contribution in [0.5, 0.6) is 0 Å². The van der Waals surface area contributed by atoms with Crippen molar-refractivity contribution in [3.05, 3.63) is 17.0 Å². The zero-order valence-corrected chi connectivity index (χ0v) is 12.3. The lowest BCUT2D eigenvalue weighted by Crippen LogP contribution is -2.44. The minimum atomic E-state index is -4.82. The minimum absolute atomic E-state index is 0.0112. The Balaban J connectivity index is 1.83. The maximum Gasteiger partial charge on any atom is 0.471 e. The summed E-state index contributed by atoms with van der Waals surface area (Å²) in [7, 11) is 0. The van der Waals surface area contributed by atoms with Crippen molar-refractivity contribution in [1.82, 2.24) is 14.7 Å². The van der Waals surface area contributed by atoms with E-state index in [0.717, 1.165) is 29.0 Å². The molecule has 3 heterocycles. The van der Waals surface area contributed by atoms with Crippen molar-refractivity contribution in [2.75, 3.05) is 19.8 Å². The molecule has 1 aromatic heterocycles. The van der Waals surface area contributed by atoms with E-state index in [1.165, 1.54) is 0 Å². The highest BCUT2D eigenvalue weighted by molar-refractivity contribution is 5.82. The van der Waals surface area contributed by atoms with Gasteiger partial charge in [0.05, 0.1) is 11.7 Å².